The minimum absolute atomic E-state index is 0.818. The summed E-state index contributed by atoms with van der Waals surface area (Å²) in [7, 11) is 0. The SMILES string of the molecule is CCCN1CC[C@H](C)C(=C(C)C)C1. The molecule has 1 heterocycles. The maximum Gasteiger partial charge on any atom is 0.0198 e. The molecule has 1 aliphatic heterocycles. The molecule has 1 heteroatoms. The topological polar surface area (TPSA) is 3.24 Å². The Morgan fingerprint density at radius 1 is 1.46 bits per heavy atom. The van der Waals surface area contributed by atoms with Gasteiger partial charge in [-0.05, 0) is 45.7 Å². The predicted molar refractivity (Wildman–Crippen MR) is 58.9 cm³/mol. The van der Waals surface area contributed by atoms with Gasteiger partial charge in [0.2, 0.25) is 0 Å². The standard InChI is InChI=1S/C12H23N/c1-5-7-13-8-6-11(4)12(9-13)10(2)3/h11H,5-9H2,1-4H3/t11-/m0/s1. The molecule has 13 heavy (non-hydrogen) atoms. The van der Waals surface area contributed by atoms with E-state index in [2.05, 4.69) is 32.6 Å². The molecule has 1 aliphatic rings. The van der Waals surface area contributed by atoms with E-state index in [1.54, 1.807) is 5.57 Å². The van der Waals surface area contributed by atoms with E-state index in [0.29, 0.717) is 0 Å². The van der Waals surface area contributed by atoms with Crippen LogP contribution in [0, 0.1) is 5.92 Å². The number of hydrogen-bond acceptors (Lipinski definition) is 1. The first-order valence-corrected chi connectivity index (χ1v) is 5.53. The zero-order valence-electron chi connectivity index (χ0n) is 9.56. The highest BCUT2D eigenvalue weighted by molar-refractivity contribution is 5.16. The predicted octanol–water partition coefficient (Wildman–Crippen LogP) is 3.07. The van der Waals surface area contributed by atoms with Crippen molar-refractivity contribution in [2.45, 2.75) is 40.5 Å². The molecular weight excluding hydrogens is 158 g/mol. The highest BCUT2D eigenvalue weighted by Crippen LogP contribution is 2.24. The molecule has 0 aromatic rings. The van der Waals surface area contributed by atoms with E-state index in [-0.39, 0.29) is 0 Å². The fraction of sp³-hybridized carbons (Fsp3) is 0.833. The van der Waals surface area contributed by atoms with Crippen molar-refractivity contribution < 1.29 is 0 Å². The average molecular weight is 181 g/mol. The molecule has 1 fully saturated rings. The van der Waals surface area contributed by atoms with Crippen molar-refractivity contribution in [3.63, 3.8) is 0 Å². The minimum atomic E-state index is 0.818. The summed E-state index contributed by atoms with van der Waals surface area (Å²) in [5, 5.41) is 0. The lowest BCUT2D eigenvalue weighted by Crippen LogP contribution is -2.35. The molecule has 0 amide bonds. The van der Waals surface area contributed by atoms with Crippen LogP contribution in [0.15, 0.2) is 11.1 Å². The Hall–Kier alpha value is -0.300. The quantitative estimate of drug-likeness (QED) is 0.592. The van der Waals surface area contributed by atoms with Gasteiger partial charge < -0.3 is 0 Å². The van der Waals surface area contributed by atoms with Crippen LogP contribution in [0.1, 0.15) is 40.5 Å². The molecule has 1 nitrogen and oxygen atoms in total. The van der Waals surface area contributed by atoms with E-state index in [1.807, 2.05) is 0 Å². The highest BCUT2D eigenvalue weighted by Gasteiger charge is 2.20. The zero-order valence-corrected chi connectivity index (χ0v) is 9.56. The van der Waals surface area contributed by atoms with Gasteiger partial charge in [0.25, 0.3) is 0 Å². The summed E-state index contributed by atoms with van der Waals surface area (Å²) in [6.07, 6.45) is 2.63. The van der Waals surface area contributed by atoms with Gasteiger partial charge in [-0.25, -0.2) is 0 Å². The molecule has 0 N–H and O–H groups in total. The van der Waals surface area contributed by atoms with Crippen LogP contribution in [-0.4, -0.2) is 24.5 Å². The van der Waals surface area contributed by atoms with E-state index in [1.165, 1.54) is 38.0 Å². The third-order valence-corrected chi connectivity index (χ3v) is 3.05. The monoisotopic (exact) mass is 181 g/mol. The van der Waals surface area contributed by atoms with Crippen LogP contribution in [0.25, 0.3) is 0 Å². The Kier molecular flexibility index (Phi) is 3.98. The first-order chi connectivity index (χ1) is 6.15. The minimum Gasteiger partial charge on any atom is -0.299 e. The Morgan fingerprint density at radius 2 is 2.15 bits per heavy atom. The molecule has 0 aromatic carbocycles. The van der Waals surface area contributed by atoms with Crippen LogP contribution in [0.3, 0.4) is 0 Å². The average Bonchev–Trinajstić information content (AvgIpc) is 2.08. The summed E-state index contributed by atoms with van der Waals surface area (Å²) in [5.41, 5.74) is 3.22. The summed E-state index contributed by atoms with van der Waals surface area (Å²) in [4.78, 5) is 2.59. The maximum atomic E-state index is 2.59. The Balaban J connectivity index is 2.59. The lowest BCUT2D eigenvalue weighted by molar-refractivity contribution is 0.238. The third-order valence-electron chi connectivity index (χ3n) is 3.05. The van der Waals surface area contributed by atoms with Crippen LogP contribution < -0.4 is 0 Å². The molecule has 0 bridgehead atoms. The fourth-order valence-corrected chi connectivity index (χ4v) is 2.18. The molecular formula is C12H23N. The van der Waals surface area contributed by atoms with Gasteiger partial charge in [-0.3, -0.25) is 4.90 Å². The molecule has 1 atom stereocenters. The summed E-state index contributed by atoms with van der Waals surface area (Å²) >= 11 is 0. The van der Waals surface area contributed by atoms with Crippen molar-refractivity contribution >= 4 is 0 Å². The molecule has 0 unspecified atom stereocenters. The smallest absolute Gasteiger partial charge is 0.0198 e. The van der Waals surface area contributed by atoms with E-state index in [9.17, 15) is 0 Å². The molecule has 1 rings (SSSR count). The highest BCUT2D eigenvalue weighted by atomic mass is 15.1. The second kappa shape index (κ2) is 4.80. The van der Waals surface area contributed by atoms with E-state index < -0.39 is 0 Å². The lowest BCUT2D eigenvalue weighted by atomic mass is 9.90. The van der Waals surface area contributed by atoms with Crippen molar-refractivity contribution in [1.82, 2.24) is 4.90 Å². The second-order valence-corrected chi connectivity index (χ2v) is 4.49. The first-order valence-electron chi connectivity index (χ1n) is 5.53. The number of hydrogen-bond donors (Lipinski definition) is 0. The van der Waals surface area contributed by atoms with Crippen molar-refractivity contribution in [3.05, 3.63) is 11.1 Å². The van der Waals surface area contributed by atoms with Gasteiger partial charge in [0, 0.05) is 6.54 Å². The third kappa shape index (κ3) is 2.84. The summed E-state index contributed by atoms with van der Waals surface area (Å²) in [5.74, 6) is 0.818. The van der Waals surface area contributed by atoms with E-state index in [0.717, 1.165) is 5.92 Å². The molecule has 1 saturated heterocycles. The molecule has 0 aliphatic carbocycles. The molecule has 0 spiro atoms. The van der Waals surface area contributed by atoms with Crippen LogP contribution in [0.2, 0.25) is 0 Å². The van der Waals surface area contributed by atoms with Gasteiger partial charge >= 0.3 is 0 Å². The summed E-state index contributed by atoms with van der Waals surface area (Å²) < 4.78 is 0. The van der Waals surface area contributed by atoms with Gasteiger partial charge in [-0.2, -0.15) is 0 Å². The molecule has 0 saturated carbocycles. The van der Waals surface area contributed by atoms with Gasteiger partial charge in [-0.1, -0.05) is 25.0 Å². The van der Waals surface area contributed by atoms with Gasteiger partial charge in [0.05, 0.1) is 0 Å². The lowest BCUT2D eigenvalue weighted by Gasteiger charge is -2.33. The van der Waals surface area contributed by atoms with Crippen LogP contribution >= 0.6 is 0 Å². The first kappa shape index (κ1) is 10.8. The normalized spacial score (nSPS) is 24.9. The maximum absolute atomic E-state index is 2.59. The molecule has 0 radical (unpaired) electrons. The Morgan fingerprint density at radius 3 is 2.69 bits per heavy atom. The van der Waals surface area contributed by atoms with Crippen molar-refractivity contribution in [2.24, 2.45) is 5.92 Å². The van der Waals surface area contributed by atoms with Gasteiger partial charge in [-0.15, -0.1) is 0 Å². The van der Waals surface area contributed by atoms with Crippen molar-refractivity contribution in [1.29, 1.82) is 0 Å². The Bertz CT molecular complexity index is 189. The molecule has 76 valence electrons. The second-order valence-electron chi connectivity index (χ2n) is 4.49. The number of likely N-dealkylation sites (tertiary alicyclic amines) is 1. The number of rotatable bonds is 2. The summed E-state index contributed by atoms with van der Waals surface area (Å²) in [6.45, 7) is 12.9. The fourth-order valence-electron chi connectivity index (χ4n) is 2.18. The number of nitrogens with zero attached hydrogens (tertiary/aromatic N) is 1. The van der Waals surface area contributed by atoms with E-state index in [4.69, 9.17) is 0 Å². The molecule has 0 aromatic heterocycles. The zero-order chi connectivity index (χ0) is 9.84. The van der Waals surface area contributed by atoms with Crippen LogP contribution in [-0.2, 0) is 0 Å². The van der Waals surface area contributed by atoms with Gasteiger partial charge in [0.15, 0.2) is 0 Å². The number of allylic oxidation sites excluding steroid dienone is 1. The number of piperidine rings is 1. The van der Waals surface area contributed by atoms with E-state index >= 15 is 0 Å². The van der Waals surface area contributed by atoms with Crippen molar-refractivity contribution in [3.8, 4) is 0 Å². The largest absolute Gasteiger partial charge is 0.299 e. The summed E-state index contributed by atoms with van der Waals surface area (Å²) in [6, 6.07) is 0. The van der Waals surface area contributed by atoms with Crippen molar-refractivity contribution in [2.75, 3.05) is 19.6 Å². The Labute approximate surface area is 82.8 Å². The van der Waals surface area contributed by atoms with Gasteiger partial charge in [0.1, 0.15) is 0 Å². The van der Waals surface area contributed by atoms with Crippen LogP contribution in [0.4, 0.5) is 0 Å². The van der Waals surface area contributed by atoms with Crippen LogP contribution in [0.5, 0.6) is 0 Å².